The fourth-order valence-corrected chi connectivity index (χ4v) is 5.24. The summed E-state index contributed by atoms with van der Waals surface area (Å²) in [6.45, 7) is 2.18. The van der Waals surface area contributed by atoms with E-state index in [4.69, 9.17) is 37.4 Å². The van der Waals surface area contributed by atoms with Gasteiger partial charge in [0, 0.05) is 5.56 Å². The number of fused-ring (bicyclic) bond motifs is 1. The summed E-state index contributed by atoms with van der Waals surface area (Å²) in [6, 6.07) is 14.0. The van der Waals surface area contributed by atoms with Crippen LogP contribution >= 0.6 is 23.2 Å². The Morgan fingerprint density at radius 2 is 1.74 bits per heavy atom. The summed E-state index contributed by atoms with van der Waals surface area (Å²) in [5, 5.41) is 11.7. The molecule has 1 aromatic heterocycles. The second kappa shape index (κ2) is 10.5. The first kappa shape index (κ1) is 26.4. The molecule has 3 aromatic carbocycles. The first-order chi connectivity index (χ1) is 18.8. The highest BCUT2D eigenvalue weighted by Gasteiger charge is 2.48. The Bertz CT molecular complexity index is 1590. The summed E-state index contributed by atoms with van der Waals surface area (Å²) in [7, 11) is 2.92. The molecule has 1 amide bonds. The lowest BCUT2D eigenvalue weighted by atomic mass is 9.95. The molecule has 9 nitrogen and oxygen atoms in total. The Hall–Kier alpha value is -4.21. The van der Waals surface area contributed by atoms with Gasteiger partial charge in [0.05, 0.1) is 53.5 Å². The van der Waals surface area contributed by atoms with E-state index >= 15 is 0 Å². The van der Waals surface area contributed by atoms with Crippen LogP contribution in [0.2, 0.25) is 10.0 Å². The van der Waals surface area contributed by atoms with Crippen LogP contribution in [0.3, 0.4) is 0 Å². The van der Waals surface area contributed by atoms with Crippen LogP contribution in [0.4, 0.5) is 5.95 Å². The second-order valence-corrected chi connectivity index (χ2v) is 9.38. The molecule has 0 aliphatic carbocycles. The predicted molar refractivity (Wildman–Crippen MR) is 148 cm³/mol. The zero-order valence-corrected chi connectivity index (χ0v) is 22.6. The average molecular weight is 568 g/mol. The molecule has 11 heteroatoms. The number of H-pyrrole nitrogens is 1. The normalized spacial score (nSPS) is 16.6. The molecular weight excluding hydrogens is 545 g/mol. The van der Waals surface area contributed by atoms with Gasteiger partial charge in [-0.05, 0) is 48.9 Å². The van der Waals surface area contributed by atoms with Crippen LogP contribution in [0.5, 0.6) is 17.2 Å². The zero-order chi connectivity index (χ0) is 27.8. The van der Waals surface area contributed by atoms with Crippen molar-refractivity contribution in [2.24, 2.45) is 0 Å². The van der Waals surface area contributed by atoms with Gasteiger partial charge < -0.3 is 24.3 Å². The van der Waals surface area contributed by atoms with E-state index in [-0.39, 0.29) is 32.9 Å². The fourth-order valence-electron chi connectivity index (χ4n) is 4.60. The van der Waals surface area contributed by atoms with Gasteiger partial charge in [0.25, 0.3) is 5.78 Å². The molecule has 0 spiro atoms. The van der Waals surface area contributed by atoms with E-state index in [1.807, 2.05) is 19.1 Å². The maximum absolute atomic E-state index is 13.5. The Morgan fingerprint density at radius 1 is 1.03 bits per heavy atom. The minimum absolute atomic E-state index is 0.123. The third kappa shape index (κ3) is 4.53. The van der Waals surface area contributed by atoms with Crippen LogP contribution in [0, 0.1) is 0 Å². The number of imidazole rings is 1. The number of Topliss-reactive ketones (excluding diaryl/α,β-unsaturated/α-hetero) is 1. The van der Waals surface area contributed by atoms with Crippen molar-refractivity contribution in [3.8, 4) is 17.2 Å². The van der Waals surface area contributed by atoms with Crippen LogP contribution in [0.25, 0.3) is 16.8 Å². The van der Waals surface area contributed by atoms with Crippen molar-refractivity contribution in [3.63, 3.8) is 0 Å². The number of ether oxygens (including phenoxy) is 3. The van der Waals surface area contributed by atoms with Gasteiger partial charge in [-0.15, -0.1) is 0 Å². The minimum Gasteiger partial charge on any atom is -0.507 e. The second-order valence-electron chi connectivity index (χ2n) is 8.56. The fraction of sp³-hybridized carbons (Fsp3) is 0.179. The number of amides is 1. The lowest BCUT2D eigenvalue weighted by molar-refractivity contribution is -0.132. The number of aliphatic hydroxyl groups is 1. The van der Waals surface area contributed by atoms with Gasteiger partial charge in [-0.25, -0.2) is 4.98 Å². The van der Waals surface area contributed by atoms with Crippen LogP contribution in [-0.2, 0) is 9.59 Å². The molecule has 4 aromatic rings. The number of benzene rings is 3. The van der Waals surface area contributed by atoms with Crippen molar-refractivity contribution < 1.29 is 28.9 Å². The van der Waals surface area contributed by atoms with Crippen molar-refractivity contribution in [2.75, 3.05) is 25.7 Å². The molecule has 5 rings (SSSR count). The lowest BCUT2D eigenvalue weighted by Crippen LogP contribution is -2.30. The van der Waals surface area contributed by atoms with Crippen LogP contribution in [-0.4, -0.2) is 47.6 Å². The predicted octanol–water partition coefficient (Wildman–Crippen LogP) is 5.91. The van der Waals surface area contributed by atoms with Crippen LogP contribution in [0.1, 0.15) is 24.1 Å². The number of ketones is 1. The Kier molecular flexibility index (Phi) is 7.12. The quantitative estimate of drug-likeness (QED) is 0.162. The number of aromatic nitrogens is 2. The van der Waals surface area contributed by atoms with E-state index in [9.17, 15) is 14.7 Å². The van der Waals surface area contributed by atoms with Crippen LogP contribution in [0.15, 0.2) is 60.2 Å². The maximum Gasteiger partial charge on any atom is 0.302 e. The molecule has 1 unspecified atom stereocenters. The standard InChI is InChI=1S/C28H23Cl2N3O6/c1-4-39-21-13-14(9-10-20(21)37-2)23-22(24(34)15-11-16(29)26(38-3)17(30)12-15)25(35)27(36)33(23)28-31-18-7-5-6-8-19(18)32-28/h5-13,23,34H,4H2,1-3H3,(H,31,32)/b24-22+. The van der Waals surface area contributed by atoms with E-state index in [2.05, 4.69) is 9.97 Å². The molecule has 1 fully saturated rings. The molecule has 1 aliphatic rings. The summed E-state index contributed by atoms with van der Waals surface area (Å²) in [5.41, 5.74) is 1.71. The molecule has 1 atom stereocenters. The Morgan fingerprint density at radius 3 is 2.38 bits per heavy atom. The van der Waals surface area contributed by atoms with Crippen LogP contribution < -0.4 is 19.1 Å². The summed E-state index contributed by atoms with van der Waals surface area (Å²) in [6.07, 6.45) is 0. The number of para-hydroxylation sites is 2. The molecule has 0 saturated carbocycles. The maximum atomic E-state index is 13.5. The van der Waals surface area contributed by atoms with E-state index in [0.29, 0.717) is 34.7 Å². The van der Waals surface area contributed by atoms with Gasteiger partial charge in [-0.1, -0.05) is 41.4 Å². The first-order valence-corrected chi connectivity index (χ1v) is 12.6. The van der Waals surface area contributed by atoms with Crippen molar-refractivity contribution in [2.45, 2.75) is 13.0 Å². The van der Waals surface area contributed by atoms with Gasteiger partial charge in [0.1, 0.15) is 5.76 Å². The SMILES string of the molecule is CCOc1cc(C2/C(=C(\O)c3cc(Cl)c(OC)c(Cl)c3)C(=O)C(=O)N2c2nc3ccccc3[nH]2)ccc1OC. The number of nitrogens with zero attached hydrogens (tertiary/aromatic N) is 2. The number of carbonyl (C=O) groups excluding carboxylic acids is 2. The molecule has 2 heterocycles. The molecular formula is C28H23Cl2N3O6. The summed E-state index contributed by atoms with van der Waals surface area (Å²) in [4.78, 5) is 35.9. The number of aromatic amines is 1. The number of hydrogen-bond donors (Lipinski definition) is 2. The smallest absolute Gasteiger partial charge is 0.302 e. The number of carbonyl (C=O) groups is 2. The van der Waals surface area contributed by atoms with E-state index in [1.165, 1.54) is 31.3 Å². The highest BCUT2D eigenvalue weighted by atomic mass is 35.5. The monoisotopic (exact) mass is 567 g/mol. The van der Waals surface area contributed by atoms with Gasteiger partial charge >= 0.3 is 5.91 Å². The molecule has 0 radical (unpaired) electrons. The Labute approximate surface area is 233 Å². The molecule has 1 aliphatic heterocycles. The van der Waals surface area contributed by atoms with Crippen molar-refractivity contribution in [1.29, 1.82) is 0 Å². The number of rotatable bonds is 7. The van der Waals surface area contributed by atoms with Gasteiger partial charge in [0.15, 0.2) is 17.2 Å². The molecule has 1 saturated heterocycles. The largest absolute Gasteiger partial charge is 0.507 e. The average Bonchev–Trinajstić information content (AvgIpc) is 3.46. The van der Waals surface area contributed by atoms with Crippen molar-refractivity contribution in [1.82, 2.24) is 9.97 Å². The molecule has 200 valence electrons. The number of methoxy groups -OCH3 is 2. The number of anilines is 1. The van der Waals surface area contributed by atoms with E-state index < -0.39 is 23.5 Å². The third-order valence-electron chi connectivity index (χ3n) is 6.33. The first-order valence-electron chi connectivity index (χ1n) is 11.9. The highest BCUT2D eigenvalue weighted by Crippen LogP contribution is 2.45. The molecule has 0 bridgehead atoms. The summed E-state index contributed by atoms with van der Waals surface area (Å²) >= 11 is 12.6. The number of aliphatic hydroxyl groups excluding tert-OH is 1. The van der Waals surface area contributed by atoms with Gasteiger partial charge in [-0.3, -0.25) is 14.5 Å². The minimum atomic E-state index is -1.07. The number of nitrogens with one attached hydrogen (secondary N) is 1. The lowest BCUT2D eigenvalue weighted by Gasteiger charge is -2.24. The van der Waals surface area contributed by atoms with Gasteiger partial charge in [-0.2, -0.15) is 0 Å². The number of hydrogen-bond acceptors (Lipinski definition) is 7. The topological polar surface area (TPSA) is 114 Å². The highest BCUT2D eigenvalue weighted by molar-refractivity contribution is 6.51. The van der Waals surface area contributed by atoms with E-state index in [0.717, 1.165) is 0 Å². The third-order valence-corrected chi connectivity index (χ3v) is 6.89. The Balaban J connectivity index is 1.76. The van der Waals surface area contributed by atoms with Crippen molar-refractivity contribution in [3.05, 3.63) is 81.3 Å². The molecule has 2 N–H and O–H groups in total. The van der Waals surface area contributed by atoms with Gasteiger partial charge in [0.2, 0.25) is 5.95 Å². The molecule has 39 heavy (non-hydrogen) atoms. The van der Waals surface area contributed by atoms with E-state index in [1.54, 1.807) is 30.3 Å². The summed E-state index contributed by atoms with van der Waals surface area (Å²) in [5.74, 6) is -1.02. The van der Waals surface area contributed by atoms with Crippen molar-refractivity contribution >= 4 is 57.6 Å². The zero-order valence-electron chi connectivity index (χ0n) is 21.1. The number of halogens is 2. The summed E-state index contributed by atoms with van der Waals surface area (Å²) < 4.78 is 16.3.